The van der Waals surface area contributed by atoms with E-state index in [4.69, 9.17) is 22.1 Å². The van der Waals surface area contributed by atoms with Gasteiger partial charge in [0, 0.05) is 19.7 Å². The van der Waals surface area contributed by atoms with E-state index in [-0.39, 0.29) is 22.6 Å². The SMILES string of the molecule is CC(C)OCCCCNS(=O)(=O)c1cc(CN)ccc1Cl. The Balaban J connectivity index is 2.54. The molecule has 0 fully saturated rings. The molecule has 0 amide bonds. The van der Waals surface area contributed by atoms with Gasteiger partial charge in [0.2, 0.25) is 10.0 Å². The van der Waals surface area contributed by atoms with E-state index in [1.807, 2.05) is 13.8 Å². The minimum Gasteiger partial charge on any atom is -0.379 e. The van der Waals surface area contributed by atoms with Gasteiger partial charge < -0.3 is 10.5 Å². The molecule has 0 unspecified atom stereocenters. The number of hydrogen-bond acceptors (Lipinski definition) is 4. The normalized spacial score (nSPS) is 12.0. The fraction of sp³-hybridized carbons (Fsp3) is 0.571. The molecule has 0 spiro atoms. The molecule has 21 heavy (non-hydrogen) atoms. The Bertz CT molecular complexity index is 547. The highest BCUT2D eigenvalue weighted by Crippen LogP contribution is 2.22. The van der Waals surface area contributed by atoms with E-state index in [2.05, 4.69) is 4.72 Å². The number of halogens is 1. The summed E-state index contributed by atoms with van der Waals surface area (Å²) in [6.07, 6.45) is 1.71. The van der Waals surface area contributed by atoms with E-state index in [0.29, 0.717) is 19.6 Å². The summed E-state index contributed by atoms with van der Waals surface area (Å²) in [7, 11) is -3.61. The van der Waals surface area contributed by atoms with Crippen LogP contribution in [-0.4, -0.2) is 27.7 Å². The van der Waals surface area contributed by atoms with E-state index in [1.165, 1.54) is 6.07 Å². The van der Waals surface area contributed by atoms with Crippen molar-refractivity contribution in [3.05, 3.63) is 28.8 Å². The van der Waals surface area contributed by atoms with E-state index < -0.39 is 10.0 Å². The van der Waals surface area contributed by atoms with Crippen LogP contribution in [-0.2, 0) is 21.3 Å². The third kappa shape index (κ3) is 6.32. The van der Waals surface area contributed by atoms with Crippen LogP contribution in [0.1, 0.15) is 32.3 Å². The summed E-state index contributed by atoms with van der Waals surface area (Å²) in [5, 5.41) is 0.197. The van der Waals surface area contributed by atoms with E-state index in [9.17, 15) is 8.42 Å². The van der Waals surface area contributed by atoms with Gasteiger partial charge in [0.1, 0.15) is 4.90 Å². The second-order valence-electron chi connectivity index (χ2n) is 4.99. The third-order valence-corrected chi connectivity index (χ3v) is 4.78. The van der Waals surface area contributed by atoms with Crippen LogP contribution in [0.25, 0.3) is 0 Å². The third-order valence-electron chi connectivity index (χ3n) is 2.84. The summed E-state index contributed by atoms with van der Waals surface area (Å²) in [4.78, 5) is 0.0746. The first-order valence-electron chi connectivity index (χ1n) is 6.96. The van der Waals surface area contributed by atoms with Crippen LogP contribution in [0.2, 0.25) is 5.02 Å². The van der Waals surface area contributed by atoms with E-state index >= 15 is 0 Å². The number of rotatable bonds is 9. The minimum atomic E-state index is -3.61. The zero-order valence-corrected chi connectivity index (χ0v) is 14.0. The maximum atomic E-state index is 12.2. The minimum absolute atomic E-state index is 0.0746. The number of nitrogens with one attached hydrogen (secondary N) is 1. The highest BCUT2D eigenvalue weighted by Gasteiger charge is 2.17. The van der Waals surface area contributed by atoms with Gasteiger partial charge in [-0.25, -0.2) is 13.1 Å². The Kier molecular flexibility index (Phi) is 7.62. The maximum Gasteiger partial charge on any atom is 0.242 e. The Morgan fingerprint density at radius 2 is 2.05 bits per heavy atom. The largest absolute Gasteiger partial charge is 0.379 e. The summed E-state index contributed by atoms with van der Waals surface area (Å²) in [6, 6.07) is 4.77. The summed E-state index contributed by atoms with van der Waals surface area (Å²) in [5.74, 6) is 0. The van der Waals surface area contributed by atoms with Crippen molar-refractivity contribution in [3.63, 3.8) is 0 Å². The quantitative estimate of drug-likeness (QED) is 0.679. The predicted molar refractivity (Wildman–Crippen MR) is 84.9 cm³/mol. The van der Waals surface area contributed by atoms with Crippen molar-refractivity contribution in [1.82, 2.24) is 4.72 Å². The zero-order valence-electron chi connectivity index (χ0n) is 12.4. The lowest BCUT2D eigenvalue weighted by molar-refractivity contribution is 0.0762. The van der Waals surface area contributed by atoms with Crippen molar-refractivity contribution in [2.24, 2.45) is 5.73 Å². The van der Waals surface area contributed by atoms with E-state index in [0.717, 1.165) is 12.0 Å². The number of nitrogens with two attached hydrogens (primary N) is 1. The van der Waals surface area contributed by atoms with Crippen molar-refractivity contribution >= 4 is 21.6 Å². The van der Waals surface area contributed by atoms with Crippen LogP contribution in [0.3, 0.4) is 0 Å². The zero-order chi connectivity index (χ0) is 15.9. The van der Waals surface area contributed by atoms with Crippen LogP contribution in [0.5, 0.6) is 0 Å². The molecule has 0 aliphatic rings. The molecule has 7 heteroatoms. The van der Waals surface area contributed by atoms with Gasteiger partial charge in [0.05, 0.1) is 11.1 Å². The summed E-state index contributed by atoms with van der Waals surface area (Å²) in [5.41, 5.74) is 6.25. The number of sulfonamides is 1. The van der Waals surface area contributed by atoms with Crippen LogP contribution >= 0.6 is 11.6 Å². The van der Waals surface area contributed by atoms with Crippen molar-refractivity contribution in [2.45, 2.75) is 44.2 Å². The average Bonchev–Trinajstić information content (AvgIpc) is 2.42. The van der Waals surface area contributed by atoms with Crippen molar-refractivity contribution in [1.29, 1.82) is 0 Å². The molecule has 0 heterocycles. The molecule has 0 aliphatic carbocycles. The van der Waals surface area contributed by atoms with Crippen molar-refractivity contribution < 1.29 is 13.2 Å². The number of ether oxygens (including phenoxy) is 1. The average molecular weight is 335 g/mol. The summed E-state index contributed by atoms with van der Waals surface area (Å²) >= 11 is 5.96. The van der Waals surface area contributed by atoms with Gasteiger partial charge in [-0.1, -0.05) is 17.7 Å². The highest BCUT2D eigenvalue weighted by molar-refractivity contribution is 7.89. The highest BCUT2D eigenvalue weighted by atomic mass is 35.5. The predicted octanol–water partition coefficient (Wildman–Crippen LogP) is 2.28. The number of hydrogen-bond donors (Lipinski definition) is 2. The molecule has 1 aromatic rings. The van der Waals surface area contributed by atoms with Gasteiger partial charge in [-0.3, -0.25) is 0 Å². The molecule has 0 aliphatic heterocycles. The smallest absolute Gasteiger partial charge is 0.242 e. The molecule has 120 valence electrons. The lowest BCUT2D eigenvalue weighted by Crippen LogP contribution is -2.25. The summed E-state index contributed by atoms with van der Waals surface area (Å²) in [6.45, 7) is 5.19. The molecule has 1 rings (SSSR count). The fourth-order valence-electron chi connectivity index (χ4n) is 1.71. The van der Waals surface area contributed by atoms with Crippen LogP contribution in [0.4, 0.5) is 0 Å². The second-order valence-corrected chi connectivity index (χ2v) is 7.14. The molecule has 0 atom stereocenters. The maximum absolute atomic E-state index is 12.2. The standard InChI is InChI=1S/C14H23ClN2O3S/c1-11(2)20-8-4-3-7-17-21(18,19)14-9-12(10-16)5-6-13(14)15/h5-6,9,11,17H,3-4,7-8,10,16H2,1-2H3. The van der Waals surface area contributed by atoms with E-state index in [1.54, 1.807) is 12.1 Å². The first kappa shape index (κ1) is 18.4. The lowest BCUT2D eigenvalue weighted by atomic mass is 10.2. The molecule has 3 N–H and O–H groups in total. The molecule has 0 saturated heterocycles. The van der Waals surface area contributed by atoms with Gasteiger partial charge in [-0.05, 0) is 44.4 Å². The van der Waals surface area contributed by atoms with Crippen LogP contribution in [0.15, 0.2) is 23.1 Å². The van der Waals surface area contributed by atoms with Gasteiger partial charge in [-0.2, -0.15) is 0 Å². The molecular formula is C14H23ClN2O3S. The Morgan fingerprint density at radius 1 is 1.33 bits per heavy atom. The fourth-order valence-corrected chi connectivity index (χ4v) is 3.33. The number of benzene rings is 1. The number of unbranched alkanes of at least 4 members (excludes halogenated alkanes) is 1. The molecular weight excluding hydrogens is 312 g/mol. The second kappa shape index (κ2) is 8.70. The topological polar surface area (TPSA) is 81.4 Å². The lowest BCUT2D eigenvalue weighted by Gasteiger charge is -2.10. The first-order chi connectivity index (χ1) is 9.86. The van der Waals surface area contributed by atoms with Gasteiger partial charge in [0.25, 0.3) is 0 Å². The Morgan fingerprint density at radius 3 is 2.67 bits per heavy atom. The Labute approximate surface area is 131 Å². The monoisotopic (exact) mass is 334 g/mol. The van der Waals surface area contributed by atoms with Crippen molar-refractivity contribution in [2.75, 3.05) is 13.2 Å². The molecule has 0 aromatic heterocycles. The molecule has 0 radical (unpaired) electrons. The van der Waals surface area contributed by atoms with Crippen molar-refractivity contribution in [3.8, 4) is 0 Å². The van der Waals surface area contributed by atoms with Crippen LogP contribution in [0, 0.1) is 0 Å². The molecule has 0 bridgehead atoms. The molecule has 5 nitrogen and oxygen atoms in total. The van der Waals surface area contributed by atoms with Crippen LogP contribution < -0.4 is 10.5 Å². The first-order valence-corrected chi connectivity index (χ1v) is 8.82. The Hall–Kier alpha value is -0.660. The van der Waals surface area contributed by atoms with Gasteiger partial charge in [0.15, 0.2) is 0 Å². The summed E-state index contributed by atoms with van der Waals surface area (Å²) < 4.78 is 32.3. The van der Waals surface area contributed by atoms with Gasteiger partial charge in [-0.15, -0.1) is 0 Å². The molecule has 1 aromatic carbocycles. The van der Waals surface area contributed by atoms with Gasteiger partial charge >= 0.3 is 0 Å². The molecule has 0 saturated carbocycles.